The van der Waals surface area contributed by atoms with Gasteiger partial charge in [-0.2, -0.15) is 0 Å². The summed E-state index contributed by atoms with van der Waals surface area (Å²) in [5.74, 6) is -0.680. The molecule has 0 aliphatic rings. The Labute approximate surface area is 111 Å². The zero-order valence-electron chi connectivity index (χ0n) is 10.7. The van der Waals surface area contributed by atoms with Crippen LogP contribution in [0.25, 0.3) is 0 Å². The molecule has 2 nitrogen and oxygen atoms in total. The van der Waals surface area contributed by atoms with Gasteiger partial charge in [0, 0.05) is 19.2 Å². The SMILES string of the molecule is CN(c1ccccc1F)C(CN)c1ccccc1F. The van der Waals surface area contributed by atoms with Gasteiger partial charge in [-0.05, 0) is 18.2 Å². The number of nitrogens with zero attached hydrogens (tertiary/aromatic N) is 1. The van der Waals surface area contributed by atoms with Crippen LogP contribution in [0.4, 0.5) is 14.5 Å². The predicted octanol–water partition coefficient (Wildman–Crippen LogP) is 3.10. The van der Waals surface area contributed by atoms with E-state index in [4.69, 9.17) is 5.73 Å². The fourth-order valence-electron chi connectivity index (χ4n) is 2.14. The number of nitrogens with two attached hydrogens (primary N) is 1. The van der Waals surface area contributed by atoms with E-state index in [9.17, 15) is 8.78 Å². The zero-order valence-corrected chi connectivity index (χ0v) is 10.7. The van der Waals surface area contributed by atoms with Crippen LogP contribution in [0.2, 0.25) is 0 Å². The maximum Gasteiger partial charge on any atom is 0.146 e. The average molecular weight is 262 g/mol. The highest BCUT2D eigenvalue weighted by Crippen LogP contribution is 2.28. The van der Waals surface area contributed by atoms with Crippen LogP contribution in [0.1, 0.15) is 11.6 Å². The lowest BCUT2D eigenvalue weighted by atomic mass is 10.0. The summed E-state index contributed by atoms with van der Waals surface area (Å²) < 4.78 is 27.6. The van der Waals surface area contributed by atoms with E-state index in [1.54, 1.807) is 48.3 Å². The van der Waals surface area contributed by atoms with Gasteiger partial charge in [-0.15, -0.1) is 0 Å². The van der Waals surface area contributed by atoms with E-state index in [-0.39, 0.29) is 18.2 Å². The highest BCUT2D eigenvalue weighted by Gasteiger charge is 2.20. The van der Waals surface area contributed by atoms with Crippen LogP contribution < -0.4 is 10.6 Å². The number of para-hydroxylation sites is 1. The maximum atomic E-state index is 13.8. The fraction of sp³-hybridized carbons (Fsp3) is 0.200. The van der Waals surface area contributed by atoms with Crippen molar-refractivity contribution in [2.45, 2.75) is 6.04 Å². The molecule has 0 fully saturated rings. The summed E-state index contributed by atoms with van der Waals surface area (Å²) in [6.45, 7) is 0.200. The van der Waals surface area contributed by atoms with Gasteiger partial charge < -0.3 is 10.6 Å². The molecule has 0 bridgehead atoms. The van der Waals surface area contributed by atoms with E-state index in [2.05, 4.69) is 0 Å². The molecule has 0 saturated heterocycles. The van der Waals surface area contributed by atoms with Crippen LogP contribution in [-0.4, -0.2) is 13.6 Å². The summed E-state index contributed by atoms with van der Waals surface area (Å²) in [6.07, 6.45) is 0. The second-order valence-electron chi connectivity index (χ2n) is 4.34. The molecule has 1 unspecified atom stereocenters. The molecule has 0 spiro atoms. The lowest BCUT2D eigenvalue weighted by Crippen LogP contribution is -2.31. The molecular formula is C15H16F2N2. The molecule has 0 aliphatic carbocycles. The van der Waals surface area contributed by atoms with Crippen molar-refractivity contribution in [2.24, 2.45) is 5.73 Å². The van der Waals surface area contributed by atoms with Crippen molar-refractivity contribution in [2.75, 3.05) is 18.5 Å². The van der Waals surface area contributed by atoms with Gasteiger partial charge >= 0.3 is 0 Å². The van der Waals surface area contributed by atoms with Gasteiger partial charge in [0.05, 0.1) is 11.7 Å². The molecule has 100 valence electrons. The monoisotopic (exact) mass is 262 g/mol. The third-order valence-electron chi connectivity index (χ3n) is 3.19. The highest BCUT2D eigenvalue weighted by atomic mass is 19.1. The summed E-state index contributed by atoms with van der Waals surface area (Å²) in [6, 6.07) is 12.4. The molecule has 2 aromatic rings. The predicted molar refractivity (Wildman–Crippen MR) is 73.0 cm³/mol. The Balaban J connectivity index is 2.38. The molecule has 0 amide bonds. The lowest BCUT2D eigenvalue weighted by Gasteiger charge is -2.30. The van der Waals surface area contributed by atoms with E-state index < -0.39 is 6.04 Å². The van der Waals surface area contributed by atoms with Crippen molar-refractivity contribution in [3.63, 3.8) is 0 Å². The molecule has 0 radical (unpaired) electrons. The summed E-state index contributed by atoms with van der Waals surface area (Å²) in [7, 11) is 1.71. The standard InChI is InChI=1S/C15H16F2N2/c1-19(14-9-5-4-8-13(14)17)15(10-18)11-6-2-3-7-12(11)16/h2-9,15H,10,18H2,1H3. The van der Waals surface area contributed by atoms with Crippen molar-refractivity contribution in [3.8, 4) is 0 Å². The molecule has 0 heterocycles. The maximum absolute atomic E-state index is 13.8. The van der Waals surface area contributed by atoms with Crippen LogP contribution in [0.5, 0.6) is 0 Å². The molecule has 2 N–H and O–H groups in total. The van der Waals surface area contributed by atoms with Crippen molar-refractivity contribution in [3.05, 3.63) is 65.7 Å². The van der Waals surface area contributed by atoms with Gasteiger partial charge in [-0.25, -0.2) is 8.78 Å². The largest absolute Gasteiger partial charge is 0.364 e. The highest BCUT2D eigenvalue weighted by molar-refractivity contribution is 5.49. The first kappa shape index (κ1) is 13.5. The van der Waals surface area contributed by atoms with Crippen molar-refractivity contribution < 1.29 is 8.78 Å². The van der Waals surface area contributed by atoms with Gasteiger partial charge in [0.1, 0.15) is 11.6 Å². The summed E-state index contributed by atoms with van der Waals surface area (Å²) in [5, 5.41) is 0. The Morgan fingerprint density at radius 2 is 1.58 bits per heavy atom. The van der Waals surface area contributed by atoms with E-state index in [1.165, 1.54) is 12.1 Å². The quantitative estimate of drug-likeness (QED) is 0.917. The van der Waals surface area contributed by atoms with Gasteiger partial charge in [-0.3, -0.25) is 0 Å². The molecule has 19 heavy (non-hydrogen) atoms. The molecular weight excluding hydrogens is 246 g/mol. The summed E-state index contributed by atoms with van der Waals surface area (Å²) >= 11 is 0. The van der Waals surface area contributed by atoms with E-state index >= 15 is 0 Å². The minimum absolute atomic E-state index is 0.200. The Kier molecular flexibility index (Phi) is 4.12. The number of hydrogen-bond donors (Lipinski definition) is 1. The number of rotatable bonds is 4. The minimum atomic E-state index is -0.405. The van der Waals surface area contributed by atoms with Crippen molar-refractivity contribution in [1.29, 1.82) is 0 Å². The van der Waals surface area contributed by atoms with E-state index in [0.29, 0.717) is 11.3 Å². The summed E-state index contributed by atoms with van der Waals surface area (Å²) in [4.78, 5) is 1.66. The molecule has 2 rings (SSSR count). The van der Waals surface area contributed by atoms with Crippen molar-refractivity contribution >= 4 is 5.69 Å². The zero-order chi connectivity index (χ0) is 13.8. The van der Waals surface area contributed by atoms with Gasteiger partial charge in [0.25, 0.3) is 0 Å². The summed E-state index contributed by atoms with van der Waals surface area (Å²) in [5.41, 5.74) is 6.60. The third-order valence-corrected chi connectivity index (χ3v) is 3.19. The lowest BCUT2D eigenvalue weighted by molar-refractivity contribution is 0.562. The average Bonchev–Trinajstić information content (AvgIpc) is 2.42. The molecule has 4 heteroatoms. The molecule has 0 saturated carbocycles. The van der Waals surface area contributed by atoms with Gasteiger partial charge in [0.2, 0.25) is 0 Å². The van der Waals surface area contributed by atoms with Crippen LogP contribution in [0.3, 0.4) is 0 Å². The Morgan fingerprint density at radius 3 is 2.16 bits per heavy atom. The molecule has 0 aromatic heterocycles. The van der Waals surface area contributed by atoms with Crippen LogP contribution in [0.15, 0.2) is 48.5 Å². The van der Waals surface area contributed by atoms with Crippen molar-refractivity contribution in [1.82, 2.24) is 0 Å². The Bertz CT molecular complexity index is 557. The topological polar surface area (TPSA) is 29.3 Å². The first-order valence-electron chi connectivity index (χ1n) is 6.07. The third kappa shape index (κ3) is 2.74. The second kappa shape index (κ2) is 5.80. The number of hydrogen-bond acceptors (Lipinski definition) is 2. The van der Waals surface area contributed by atoms with Gasteiger partial charge in [-0.1, -0.05) is 30.3 Å². The van der Waals surface area contributed by atoms with Crippen LogP contribution >= 0.6 is 0 Å². The number of halogens is 2. The number of anilines is 1. The first-order chi connectivity index (χ1) is 9.15. The molecule has 0 aliphatic heterocycles. The second-order valence-corrected chi connectivity index (χ2v) is 4.34. The Morgan fingerprint density at radius 1 is 1.00 bits per heavy atom. The fourth-order valence-corrected chi connectivity index (χ4v) is 2.14. The first-order valence-corrected chi connectivity index (χ1v) is 6.07. The van der Waals surface area contributed by atoms with E-state index in [0.717, 1.165) is 0 Å². The van der Waals surface area contributed by atoms with Crippen LogP contribution in [-0.2, 0) is 0 Å². The minimum Gasteiger partial charge on any atom is -0.364 e. The van der Waals surface area contributed by atoms with Crippen LogP contribution in [0, 0.1) is 11.6 Å². The smallest absolute Gasteiger partial charge is 0.146 e. The van der Waals surface area contributed by atoms with Gasteiger partial charge in [0.15, 0.2) is 0 Å². The molecule has 2 aromatic carbocycles. The van der Waals surface area contributed by atoms with E-state index in [1.807, 2.05) is 0 Å². The molecule has 1 atom stereocenters. The number of likely N-dealkylation sites (N-methyl/N-ethyl adjacent to an activating group) is 1. The normalized spacial score (nSPS) is 12.2. The Hall–Kier alpha value is -1.94. The number of benzene rings is 2.